The standard InChI is InChI=1S/C16H21N5O8/c1-20-5-8(17-7-20)4-9(14(26)27)19-16(13(25)12(24)10(6-22)29-16)21-3-2-11(23)18-15(21)28/h2-3,5,7,9-10,12-13,19,22,24-25H,4,6H2,1H3,(H,26,27)(H,18,23,28)/t9-,10+,12+,13+,16-/m0/s1. The fourth-order valence-corrected chi connectivity index (χ4v) is 3.25. The number of carboxylic acid groups (broad SMARTS) is 1. The molecule has 0 amide bonds. The molecule has 0 aromatic carbocycles. The van der Waals surface area contributed by atoms with Gasteiger partial charge in [-0.25, -0.2) is 9.78 Å². The van der Waals surface area contributed by atoms with Crippen molar-refractivity contribution < 1.29 is 30.0 Å². The van der Waals surface area contributed by atoms with Crippen molar-refractivity contribution in [3.63, 3.8) is 0 Å². The van der Waals surface area contributed by atoms with Crippen LogP contribution in [-0.2, 0) is 28.8 Å². The molecule has 13 nitrogen and oxygen atoms in total. The zero-order valence-electron chi connectivity index (χ0n) is 15.3. The van der Waals surface area contributed by atoms with Crippen LogP contribution in [0.5, 0.6) is 0 Å². The lowest BCUT2D eigenvalue weighted by molar-refractivity contribution is -0.183. The number of rotatable bonds is 7. The number of H-pyrrole nitrogens is 1. The molecule has 2 aromatic heterocycles. The minimum Gasteiger partial charge on any atom is -0.480 e. The largest absolute Gasteiger partial charge is 0.480 e. The number of carbonyl (C=O) groups is 1. The van der Waals surface area contributed by atoms with Gasteiger partial charge in [0.15, 0.2) is 0 Å². The van der Waals surface area contributed by atoms with E-state index in [1.54, 1.807) is 17.8 Å². The van der Waals surface area contributed by atoms with E-state index in [4.69, 9.17) is 4.74 Å². The van der Waals surface area contributed by atoms with E-state index in [2.05, 4.69) is 10.3 Å². The quantitative estimate of drug-likeness (QED) is 0.264. The number of hydrogen-bond donors (Lipinski definition) is 6. The first-order valence-electron chi connectivity index (χ1n) is 8.62. The van der Waals surface area contributed by atoms with Gasteiger partial charge in [-0.05, 0) is 0 Å². The highest BCUT2D eigenvalue weighted by Gasteiger charge is 2.57. The van der Waals surface area contributed by atoms with Crippen molar-refractivity contribution in [1.82, 2.24) is 24.4 Å². The third-order valence-electron chi connectivity index (χ3n) is 4.65. The maximum Gasteiger partial charge on any atom is 0.331 e. The summed E-state index contributed by atoms with van der Waals surface area (Å²) in [4.78, 5) is 41.7. The van der Waals surface area contributed by atoms with Crippen LogP contribution >= 0.6 is 0 Å². The molecule has 13 heteroatoms. The van der Waals surface area contributed by atoms with E-state index in [1.807, 2.05) is 4.98 Å². The molecular formula is C16H21N5O8. The molecule has 0 spiro atoms. The summed E-state index contributed by atoms with van der Waals surface area (Å²) in [7, 11) is 1.70. The number of aliphatic carboxylic acids is 1. The van der Waals surface area contributed by atoms with Gasteiger partial charge in [-0.3, -0.25) is 24.5 Å². The number of aromatic amines is 1. The molecule has 0 unspecified atom stereocenters. The lowest BCUT2D eigenvalue weighted by Crippen LogP contribution is -2.64. The van der Waals surface area contributed by atoms with E-state index < -0.39 is 54.0 Å². The summed E-state index contributed by atoms with van der Waals surface area (Å²) in [5.74, 6) is -3.61. The predicted octanol–water partition coefficient (Wildman–Crippen LogP) is -3.72. The summed E-state index contributed by atoms with van der Waals surface area (Å²) in [5, 5.41) is 42.5. The van der Waals surface area contributed by atoms with Gasteiger partial charge in [-0.2, -0.15) is 0 Å². The van der Waals surface area contributed by atoms with Crippen LogP contribution in [0.4, 0.5) is 0 Å². The van der Waals surface area contributed by atoms with Gasteiger partial charge in [-0.1, -0.05) is 0 Å². The van der Waals surface area contributed by atoms with Crippen molar-refractivity contribution in [3.05, 3.63) is 51.3 Å². The summed E-state index contributed by atoms with van der Waals surface area (Å²) in [5.41, 5.74) is -1.34. The highest BCUT2D eigenvalue weighted by Crippen LogP contribution is 2.33. The first kappa shape index (κ1) is 20.9. The molecule has 2 aromatic rings. The molecule has 158 valence electrons. The lowest BCUT2D eigenvalue weighted by atomic mass is 10.1. The molecule has 1 fully saturated rings. The zero-order chi connectivity index (χ0) is 21.3. The van der Waals surface area contributed by atoms with Gasteiger partial charge in [0.1, 0.15) is 24.4 Å². The molecule has 6 N–H and O–H groups in total. The van der Waals surface area contributed by atoms with Crippen LogP contribution in [0.25, 0.3) is 0 Å². The number of aromatic nitrogens is 4. The zero-order valence-corrected chi connectivity index (χ0v) is 15.3. The normalized spacial score (nSPS) is 27.8. The Hall–Kier alpha value is -2.84. The number of ether oxygens (including phenoxy) is 1. The van der Waals surface area contributed by atoms with E-state index in [1.165, 1.54) is 6.33 Å². The maximum absolute atomic E-state index is 12.4. The SMILES string of the molecule is Cn1cnc(C[C@H](N[C@@]2(n3ccc(=O)[nH]c3=O)O[C@H](CO)[C@@H](O)[C@H]2O)C(=O)O)c1. The Labute approximate surface area is 162 Å². The Balaban J connectivity index is 2.06. The van der Waals surface area contributed by atoms with Crippen LogP contribution in [0.2, 0.25) is 0 Å². The van der Waals surface area contributed by atoms with E-state index in [9.17, 15) is 34.8 Å². The van der Waals surface area contributed by atoms with Gasteiger partial charge >= 0.3 is 11.7 Å². The van der Waals surface area contributed by atoms with Crippen LogP contribution < -0.4 is 16.6 Å². The molecule has 0 radical (unpaired) electrons. The second kappa shape index (κ2) is 7.88. The third kappa shape index (κ3) is 3.86. The number of carboxylic acids is 1. The van der Waals surface area contributed by atoms with E-state index in [-0.39, 0.29) is 6.42 Å². The number of nitrogens with one attached hydrogen (secondary N) is 2. The topological polar surface area (TPSA) is 192 Å². The number of aliphatic hydroxyl groups excluding tert-OH is 3. The van der Waals surface area contributed by atoms with Crippen LogP contribution in [0, 0.1) is 0 Å². The monoisotopic (exact) mass is 411 g/mol. The molecule has 1 aliphatic rings. The summed E-state index contributed by atoms with van der Waals surface area (Å²) >= 11 is 0. The molecule has 0 bridgehead atoms. The van der Waals surface area contributed by atoms with Crippen LogP contribution in [0.15, 0.2) is 34.4 Å². The van der Waals surface area contributed by atoms with Crippen LogP contribution in [0.3, 0.4) is 0 Å². The minimum absolute atomic E-state index is 0.147. The first-order chi connectivity index (χ1) is 13.7. The van der Waals surface area contributed by atoms with Crippen molar-refractivity contribution in [1.29, 1.82) is 0 Å². The first-order valence-corrected chi connectivity index (χ1v) is 8.62. The van der Waals surface area contributed by atoms with Crippen molar-refractivity contribution in [2.24, 2.45) is 7.05 Å². The predicted molar refractivity (Wildman–Crippen MR) is 94.7 cm³/mol. The Kier molecular flexibility index (Phi) is 5.68. The summed E-state index contributed by atoms with van der Waals surface area (Å²) in [6, 6.07) is -0.448. The van der Waals surface area contributed by atoms with Gasteiger partial charge in [0.2, 0.25) is 5.85 Å². The lowest BCUT2D eigenvalue weighted by Gasteiger charge is -2.36. The van der Waals surface area contributed by atoms with Crippen molar-refractivity contribution >= 4 is 5.97 Å². The number of nitrogens with zero attached hydrogens (tertiary/aromatic N) is 3. The van der Waals surface area contributed by atoms with Gasteiger partial charge in [-0.15, -0.1) is 0 Å². The fraction of sp³-hybridized carbons (Fsp3) is 0.500. The molecule has 5 atom stereocenters. The number of imidazole rings is 1. The number of aryl methyl sites for hydroxylation is 1. The fourth-order valence-electron chi connectivity index (χ4n) is 3.25. The van der Waals surface area contributed by atoms with Gasteiger partial charge in [0.25, 0.3) is 5.56 Å². The molecule has 0 saturated carbocycles. The smallest absolute Gasteiger partial charge is 0.331 e. The van der Waals surface area contributed by atoms with Crippen LogP contribution in [0.1, 0.15) is 5.69 Å². The molecule has 29 heavy (non-hydrogen) atoms. The van der Waals surface area contributed by atoms with Crippen molar-refractivity contribution in [2.75, 3.05) is 6.61 Å². The highest BCUT2D eigenvalue weighted by molar-refractivity contribution is 5.73. The number of hydrogen-bond acceptors (Lipinski definition) is 9. The molecule has 3 rings (SSSR count). The Bertz CT molecular complexity index is 999. The third-order valence-corrected chi connectivity index (χ3v) is 4.65. The summed E-state index contributed by atoms with van der Waals surface area (Å²) in [6.07, 6.45) is -0.906. The molecule has 1 aliphatic heterocycles. The Morgan fingerprint density at radius 2 is 2.17 bits per heavy atom. The summed E-state index contributed by atoms with van der Waals surface area (Å²) < 4.78 is 7.89. The summed E-state index contributed by atoms with van der Waals surface area (Å²) in [6.45, 7) is -0.711. The average Bonchev–Trinajstić information content (AvgIpc) is 3.17. The second-order valence-electron chi connectivity index (χ2n) is 6.72. The number of aliphatic hydroxyl groups is 3. The van der Waals surface area contributed by atoms with E-state index in [0.717, 1.165) is 16.8 Å². The molecule has 0 aliphatic carbocycles. The molecular weight excluding hydrogens is 390 g/mol. The van der Waals surface area contributed by atoms with Crippen molar-refractivity contribution in [2.45, 2.75) is 36.6 Å². The van der Waals surface area contributed by atoms with Crippen molar-refractivity contribution in [3.8, 4) is 0 Å². The molecule has 1 saturated heterocycles. The average molecular weight is 411 g/mol. The van der Waals surface area contributed by atoms with Crippen LogP contribution in [-0.4, -0.2) is 76.5 Å². The Morgan fingerprint density at radius 1 is 1.45 bits per heavy atom. The highest BCUT2D eigenvalue weighted by atomic mass is 16.6. The van der Waals surface area contributed by atoms with Gasteiger partial charge in [0.05, 0.1) is 18.6 Å². The van der Waals surface area contributed by atoms with E-state index >= 15 is 0 Å². The Morgan fingerprint density at radius 3 is 2.69 bits per heavy atom. The minimum atomic E-state index is -2.27. The van der Waals surface area contributed by atoms with Gasteiger partial charge < -0.3 is 29.7 Å². The maximum atomic E-state index is 12.4. The molecule has 3 heterocycles. The van der Waals surface area contributed by atoms with E-state index in [0.29, 0.717) is 5.69 Å². The second-order valence-corrected chi connectivity index (χ2v) is 6.72. The van der Waals surface area contributed by atoms with Gasteiger partial charge in [0, 0.05) is 31.9 Å².